The molecule has 0 aliphatic carbocycles. The SMILES string of the molecule is CCC[C@@H]1CN(S(C)(=O)=O)CC1S(C)(=O)=O. The van der Waals surface area contributed by atoms with Crippen LogP contribution in [0.25, 0.3) is 0 Å². The van der Waals surface area contributed by atoms with Crippen LogP contribution in [0.1, 0.15) is 19.8 Å². The fourth-order valence-electron chi connectivity index (χ4n) is 2.21. The van der Waals surface area contributed by atoms with E-state index in [2.05, 4.69) is 0 Å². The molecule has 1 unspecified atom stereocenters. The number of sulfone groups is 1. The molecule has 16 heavy (non-hydrogen) atoms. The fraction of sp³-hybridized carbons (Fsp3) is 1.00. The Balaban J connectivity index is 2.93. The van der Waals surface area contributed by atoms with Crippen LogP contribution in [0.4, 0.5) is 0 Å². The van der Waals surface area contributed by atoms with Crippen LogP contribution in [-0.4, -0.2) is 52.0 Å². The molecule has 0 aromatic carbocycles. The van der Waals surface area contributed by atoms with Crippen LogP contribution in [0.2, 0.25) is 0 Å². The van der Waals surface area contributed by atoms with E-state index in [-0.39, 0.29) is 12.5 Å². The second-order valence-electron chi connectivity index (χ2n) is 4.50. The van der Waals surface area contributed by atoms with Gasteiger partial charge in [-0.15, -0.1) is 0 Å². The number of nitrogens with zero attached hydrogens (tertiary/aromatic N) is 1. The van der Waals surface area contributed by atoms with E-state index in [1.807, 2.05) is 6.92 Å². The van der Waals surface area contributed by atoms with Crippen LogP contribution in [0.5, 0.6) is 0 Å². The highest BCUT2D eigenvalue weighted by atomic mass is 32.2. The highest BCUT2D eigenvalue weighted by Gasteiger charge is 2.41. The lowest BCUT2D eigenvalue weighted by Crippen LogP contribution is -2.31. The molecule has 0 saturated carbocycles. The molecule has 96 valence electrons. The minimum atomic E-state index is -3.28. The summed E-state index contributed by atoms with van der Waals surface area (Å²) in [6.45, 7) is 2.43. The van der Waals surface area contributed by atoms with Gasteiger partial charge in [-0.05, 0) is 12.3 Å². The van der Waals surface area contributed by atoms with Crippen LogP contribution in [0, 0.1) is 5.92 Å². The summed E-state index contributed by atoms with van der Waals surface area (Å²) >= 11 is 0. The zero-order valence-corrected chi connectivity index (χ0v) is 11.5. The van der Waals surface area contributed by atoms with E-state index in [1.165, 1.54) is 10.6 Å². The van der Waals surface area contributed by atoms with E-state index in [9.17, 15) is 16.8 Å². The van der Waals surface area contributed by atoms with Gasteiger partial charge >= 0.3 is 0 Å². The van der Waals surface area contributed by atoms with Gasteiger partial charge in [0.15, 0.2) is 9.84 Å². The topological polar surface area (TPSA) is 71.5 Å². The molecule has 7 heteroatoms. The Morgan fingerprint density at radius 2 is 1.69 bits per heavy atom. The molecule has 1 fully saturated rings. The molecule has 0 radical (unpaired) electrons. The van der Waals surface area contributed by atoms with Crippen molar-refractivity contribution in [1.82, 2.24) is 4.31 Å². The molecule has 0 aromatic heterocycles. The highest BCUT2D eigenvalue weighted by molar-refractivity contribution is 7.91. The van der Waals surface area contributed by atoms with Crippen molar-refractivity contribution in [3.05, 3.63) is 0 Å². The molecule has 2 atom stereocenters. The average Bonchev–Trinajstić information content (AvgIpc) is 2.46. The van der Waals surface area contributed by atoms with Crippen molar-refractivity contribution < 1.29 is 16.8 Å². The number of rotatable bonds is 4. The predicted molar refractivity (Wildman–Crippen MR) is 63.4 cm³/mol. The summed E-state index contributed by atoms with van der Waals surface area (Å²) < 4.78 is 47.2. The molecule has 0 bridgehead atoms. The second-order valence-corrected chi connectivity index (χ2v) is 8.74. The molecular formula is C9H19NO4S2. The Hall–Kier alpha value is -0.140. The normalized spacial score (nSPS) is 28.4. The summed E-state index contributed by atoms with van der Waals surface area (Å²) in [5.74, 6) is -0.0604. The van der Waals surface area contributed by atoms with Gasteiger partial charge in [-0.1, -0.05) is 13.3 Å². The minimum absolute atomic E-state index is 0.0604. The molecule has 1 aliphatic heterocycles. The third-order valence-electron chi connectivity index (χ3n) is 3.03. The molecule has 5 nitrogen and oxygen atoms in total. The van der Waals surface area contributed by atoms with Crippen molar-refractivity contribution in [2.45, 2.75) is 25.0 Å². The Morgan fingerprint density at radius 3 is 2.06 bits per heavy atom. The minimum Gasteiger partial charge on any atom is -0.229 e. The monoisotopic (exact) mass is 269 g/mol. The lowest BCUT2D eigenvalue weighted by molar-refractivity contribution is 0.447. The average molecular weight is 269 g/mol. The van der Waals surface area contributed by atoms with Gasteiger partial charge in [-0.25, -0.2) is 21.1 Å². The largest absolute Gasteiger partial charge is 0.229 e. The Kier molecular flexibility index (Phi) is 4.02. The van der Waals surface area contributed by atoms with Gasteiger partial charge in [0.1, 0.15) is 0 Å². The predicted octanol–water partition coefficient (Wildman–Crippen LogP) is 0.0911. The van der Waals surface area contributed by atoms with Crippen molar-refractivity contribution in [3.63, 3.8) is 0 Å². The first kappa shape index (κ1) is 13.9. The maximum Gasteiger partial charge on any atom is 0.211 e. The van der Waals surface area contributed by atoms with E-state index in [0.29, 0.717) is 6.54 Å². The standard InChI is InChI=1S/C9H19NO4S2/c1-4-5-8-6-10(16(3,13)14)7-9(8)15(2,11)12/h8-9H,4-7H2,1-3H3/t8-,9?/m1/s1. The molecular weight excluding hydrogens is 250 g/mol. The van der Waals surface area contributed by atoms with Crippen LogP contribution in [0.15, 0.2) is 0 Å². The van der Waals surface area contributed by atoms with Gasteiger partial charge in [0.05, 0.1) is 11.5 Å². The highest BCUT2D eigenvalue weighted by Crippen LogP contribution is 2.28. The fourth-order valence-corrected chi connectivity index (χ4v) is 4.57. The van der Waals surface area contributed by atoms with Gasteiger partial charge in [-0.2, -0.15) is 0 Å². The summed E-state index contributed by atoms with van der Waals surface area (Å²) in [4.78, 5) is 0. The summed E-state index contributed by atoms with van der Waals surface area (Å²) in [5.41, 5.74) is 0. The maximum atomic E-state index is 11.6. The first-order valence-electron chi connectivity index (χ1n) is 5.30. The Bertz CT molecular complexity index is 440. The van der Waals surface area contributed by atoms with Gasteiger partial charge < -0.3 is 0 Å². The van der Waals surface area contributed by atoms with Crippen LogP contribution < -0.4 is 0 Å². The van der Waals surface area contributed by atoms with Crippen LogP contribution in [-0.2, 0) is 19.9 Å². The number of hydrogen-bond acceptors (Lipinski definition) is 4. The smallest absolute Gasteiger partial charge is 0.211 e. The van der Waals surface area contributed by atoms with Gasteiger partial charge in [-0.3, -0.25) is 0 Å². The lowest BCUT2D eigenvalue weighted by Gasteiger charge is -2.14. The Labute approximate surface area is 97.8 Å². The first-order chi connectivity index (χ1) is 7.16. The van der Waals surface area contributed by atoms with E-state index in [1.54, 1.807) is 0 Å². The van der Waals surface area contributed by atoms with Crippen LogP contribution in [0.3, 0.4) is 0 Å². The van der Waals surface area contributed by atoms with E-state index in [0.717, 1.165) is 19.1 Å². The molecule has 1 heterocycles. The second kappa shape index (κ2) is 4.62. The van der Waals surface area contributed by atoms with Gasteiger partial charge in [0, 0.05) is 19.3 Å². The van der Waals surface area contributed by atoms with Crippen molar-refractivity contribution in [1.29, 1.82) is 0 Å². The van der Waals surface area contributed by atoms with Gasteiger partial charge in [0.2, 0.25) is 10.0 Å². The van der Waals surface area contributed by atoms with Gasteiger partial charge in [0.25, 0.3) is 0 Å². The Morgan fingerprint density at radius 1 is 1.12 bits per heavy atom. The van der Waals surface area contributed by atoms with Crippen molar-refractivity contribution in [2.75, 3.05) is 25.6 Å². The third kappa shape index (κ3) is 3.18. The van der Waals surface area contributed by atoms with Crippen molar-refractivity contribution in [2.24, 2.45) is 5.92 Å². The third-order valence-corrected chi connectivity index (χ3v) is 5.90. The molecule has 0 N–H and O–H groups in total. The molecule has 1 saturated heterocycles. The van der Waals surface area contributed by atoms with Crippen LogP contribution >= 0.6 is 0 Å². The molecule has 1 rings (SSSR count). The summed E-state index contributed by atoms with van der Waals surface area (Å²) in [7, 11) is -6.45. The quantitative estimate of drug-likeness (QED) is 0.725. The van der Waals surface area contributed by atoms with Crippen molar-refractivity contribution >= 4 is 19.9 Å². The summed E-state index contributed by atoms with van der Waals surface area (Å²) in [5, 5.41) is -0.540. The number of hydrogen-bond donors (Lipinski definition) is 0. The zero-order valence-electron chi connectivity index (χ0n) is 9.88. The molecule has 1 aliphatic rings. The summed E-state index contributed by atoms with van der Waals surface area (Å²) in [6, 6.07) is 0. The van der Waals surface area contributed by atoms with E-state index >= 15 is 0 Å². The lowest BCUT2D eigenvalue weighted by atomic mass is 10.0. The molecule has 0 spiro atoms. The number of sulfonamides is 1. The van der Waals surface area contributed by atoms with E-state index in [4.69, 9.17) is 0 Å². The molecule has 0 amide bonds. The zero-order chi connectivity index (χ0) is 12.6. The summed E-state index contributed by atoms with van der Waals surface area (Å²) in [6.07, 6.45) is 3.94. The maximum absolute atomic E-state index is 11.6. The first-order valence-corrected chi connectivity index (χ1v) is 9.10. The van der Waals surface area contributed by atoms with E-state index < -0.39 is 25.1 Å². The van der Waals surface area contributed by atoms with Crippen molar-refractivity contribution in [3.8, 4) is 0 Å². The molecule has 0 aromatic rings.